The van der Waals surface area contributed by atoms with Crippen molar-refractivity contribution in [3.63, 3.8) is 0 Å². The van der Waals surface area contributed by atoms with Gasteiger partial charge in [0, 0.05) is 44.6 Å². The quantitative estimate of drug-likeness (QED) is 0.907. The van der Waals surface area contributed by atoms with E-state index in [9.17, 15) is 9.59 Å². The predicted molar refractivity (Wildman–Crippen MR) is 96.5 cm³/mol. The molecule has 2 amide bonds. The van der Waals surface area contributed by atoms with Crippen LogP contribution in [0.3, 0.4) is 0 Å². The van der Waals surface area contributed by atoms with Crippen LogP contribution in [0, 0.1) is 6.92 Å². The third kappa shape index (κ3) is 2.81. The van der Waals surface area contributed by atoms with Crippen LogP contribution >= 0.6 is 0 Å². The fourth-order valence-corrected chi connectivity index (χ4v) is 3.90. The van der Waals surface area contributed by atoms with E-state index in [-0.39, 0.29) is 29.9 Å². The molecule has 4 rings (SSSR count). The molecule has 7 nitrogen and oxygen atoms in total. The zero-order valence-corrected chi connectivity index (χ0v) is 15.5. The molecular formula is C19H25N5O2. The molecule has 26 heavy (non-hydrogen) atoms. The molecule has 0 spiro atoms. The Morgan fingerprint density at radius 2 is 2.00 bits per heavy atom. The van der Waals surface area contributed by atoms with Gasteiger partial charge in [-0.2, -0.15) is 0 Å². The molecule has 2 atom stereocenters. The van der Waals surface area contributed by atoms with Crippen LogP contribution in [0.25, 0.3) is 0 Å². The Morgan fingerprint density at radius 3 is 2.58 bits per heavy atom. The van der Waals surface area contributed by atoms with Crippen LogP contribution in [-0.4, -0.2) is 42.9 Å². The molecule has 138 valence electrons. The fraction of sp³-hybridized carbons (Fsp3) is 0.526. The monoisotopic (exact) mass is 355 g/mol. The van der Waals surface area contributed by atoms with Crippen molar-refractivity contribution in [1.82, 2.24) is 24.3 Å². The molecule has 0 bridgehead atoms. The summed E-state index contributed by atoms with van der Waals surface area (Å²) in [5.41, 5.74) is 1.67. The highest BCUT2D eigenvalue weighted by molar-refractivity contribution is 5.93. The average molecular weight is 355 g/mol. The SMILES string of the molecule is Cc1ccc(C(=O)N[C@@H]2CCC(=O)N(C3CC3)[C@H]2c2nccn2C)n1C. The maximum atomic E-state index is 12.9. The summed E-state index contributed by atoms with van der Waals surface area (Å²) in [5, 5.41) is 3.18. The van der Waals surface area contributed by atoms with Gasteiger partial charge >= 0.3 is 0 Å². The van der Waals surface area contributed by atoms with Gasteiger partial charge in [0.15, 0.2) is 0 Å². The second-order valence-electron chi connectivity index (χ2n) is 7.41. The molecule has 2 aromatic heterocycles. The Morgan fingerprint density at radius 1 is 1.23 bits per heavy atom. The van der Waals surface area contributed by atoms with Gasteiger partial charge in [-0.3, -0.25) is 9.59 Å². The van der Waals surface area contributed by atoms with E-state index in [0.29, 0.717) is 18.5 Å². The molecule has 1 saturated carbocycles. The minimum atomic E-state index is -0.214. The number of rotatable bonds is 4. The number of likely N-dealkylation sites (tertiary alicyclic amines) is 1. The van der Waals surface area contributed by atoms with Gasteiger partial charge in [0.1, 0.15) is 17.6 Å². The second-order valence-corrected chi connectivity index (χ2v) is 7.41. The van der Waals surface area contributed by atoms with Gasteiger partial charge in [0.2, 0.25) is 5.91 Å². The van der Waals surface area contributed by atoms with Crippen molar-refractivity contribution in [3.05, 3.63) is 41.7 Å². The Kier molecular flexibility index (Phi) is 4.09. The van der Waals surface area contributed by atoms with E-state index in [2.05, 4.69) is 10.3 Å². The molecule has 2 aliphatic rings. The minimum Gasteiger partial charge on any atom is -0.345 e. The number of piperidine rings is 1. The summed E-state index contributed by atoms with van der Waals surface area (Å²) in [7, 11) is 3.83. The van der Waals surface area contributed by atoms with Gasteiger partial charge in [-0.25, -0.2) is 4.98 Å². The van der Waals surface area contributed by atoms with Crippen molar-refractivity contribution < 1.29 is 9.59 Å². The summed E-state index contributed by atoms with van der Waals surface area (Å²) in [6.45, 7) is 1.97. The molecule has 1 saturated heterocycles. The zero-order valence-electron chi connectivity index (χ0n) is 15.5. The first-order valence-corrected chi connectivity index (χ1v) is 9.19. The van der Waals surface area contributed by atoms with Crippen molar-refractivity contribution in [3.8, 4) is 0 Å². The normalized spacial score (nSPS) is 23.3. The van der Waals surface area contributed by atoms with Crippen LogP contribution in [0.1, 0.15) is 53.7 Å². The standard InChI is InChI=1S/C19H25N5O2/c1-12-4-8-15(23(12)3)19(26)21-14-7-9-16(25)24(13-5-6-13)17(14)18-20-10-11-22(18)2/h4,8,10-11,13-14,17H,5-7,9H2,1-3H3,(H,21,26)/t14-,17-/m1/s1. The maximum absolute atomic E-state index is 12.9. The summed E-state index contributed by atoms with van der Waals surface area (Å²) >= 11 is 0. The predicted octanol–water partition coefficient (Wildman–Crippen LogP) is 1.69. The van der Waals surface area contributed by atoms with Crippen LogP contribution in [-0.2, 0) is 18.9 Å². The van der Waals surface area contributed by atoms with E-state index in [1.165, 1.54) is 0 Å². The van der Waals surface area contributed by atoms with Crippen molar-refractivity contribution in [2.75, 3.05) is 0 Å². The van der Waals surface area contributed by atoms with Crippen molar-refractivity contribution in [1.29, 1.82) is 0 Å². The number of amides is 2. The van der Waals surface area contributed by atoms with Gasteiger partial charge in [-0.15, -0.1) is 0 Å². The number of aryl methyl sites for hydroxylation is 2. The van der Waals surface area contributed by atoms with Gasteiger partial charge in [0.25, 0.3) is 5.91 Å². The Balaban J connectivity index is 1.64. The van der Waals surface area contributed by atoms with Crippen LogP contribution < -0.4 is 5.32 Å². The molecular weight excluding hydrogens is 330 g/mol. The first kappa shape index (κ1) is 16.9. The van der Waals surface area contributed by atoms with Crippen LogP contribution in [0.4, 0.5) is 0 Å². The summed E-state index contributed by atoms with van der Waals surface area (Å²) in [6.07, 6.45) is 6.80. The van der Waals surface area contributed by atoms with E-state index in [1.54, 1.807) is 6.20 Å². The molecule has 7 heteroatoms. The molecule has 2 fully saturated rings. The Hall–Kier alpha value is -2.57. The third-order valence-electron chi connectivity index (χ3n) is 5.62. The molecule has 1 aliphatic heterocycles. The van der Waals surface area contributed by atoms with E-state index >= 15 is 0 Å². The summed E-state index contributed by atoms with van der Waals surface area (Å²) in [4.78, 5) is 31.9. The lowest BCUT2D eigenvalue weighted by atomic mass is 9.94. The first-order chi connectivity index (χ1) is 12.5. The van der Waals surface area contributed by atoms with Gasteiger partial charge in [0.05, 0.1) is 6.04 Å². The third-order valence-corrected chi connectivity index (χ3v) is 5.62. The number of hydrogen-bond donors (Lipinski definition) is 1. The lowest BCUT2D eigenvalue weighted by Gasteiger charge is -2.41. The topological polar surface area (TPSA) is 72.2 Å². The number of aromatic nitrogens is 3. The van der Waals surface area contributed by atoms with Gasteiger partial charge in [-0.1, -0.05) is 0 Å². The molecule has 0 unspecified atom stereocenters. The number of nitrogens with zero attached hydrogens (tertiary/aromatic N) is 4. The molecule has 0 aromatic carbocycles. The minimum absolute atomic E-state index is 0.102. The number of carbonyl (C=O) groups is 2. The summed E-state index contributed by atoms with van der Waals surface area (Å²) in [6, 6.07) is 3.70. The van der Waals surface area contributed by atoms with Crippen molar-refractivity contribution in [2.24, 2.45) is 14.1 Å². The number of nitrogens with one attached hydrogen (secondary N) is 1. The van der Waals surface area contributed by atoms with E-state index in [4.69, 9.17) is 0 Å². The lowest BCUT2D eigenvalue weighted by Crippen LogP contribution is -2.53. The molecule has 1 aliphatic carbocycles. The zero-order chi connectivity index (χ0) is 18.4. The smallest absolute Gasteiger partial charge is 0.268 e. The number of imidazole rings is 1. The largest absolute Gasteiger partial charge is 0.345 e. The highest BCUT2D eigenvalue weighted by atomic mass is 16.2. The molecule has 3 heterocycles. The number of hydrogen-bond acceptors (Lipinski definition) is 3. The average Bonchev–Trinajstić information content (AvgIpc) is 3.28. The van der Waals surface area contributed by atoms with Crippen molar-refractivity contribution >= 4 is 11.8 Å². The Bertz CT molecular complexity index is 848. The van der Waals surface area contributed by atoms with Crippen LogP contribution in [0.15, 0.2) is 24.5 Å². The molecule has 2 aromatic rings. The second kappa shape index (κ2) is 6.30. The molecule has 0 radical (unpaired) electrons. The van der Waals surface area contributed by atoms with Crippen molar-refractivity contribution in [2.45, 2.75) is 50.7 Å². The van der Waals surface area contributed by atoms with Gasteiger partial charge < -0.3 is 19.4 Å². The molecule has 1 N–H and O–H groups in total. The fourth-order valence-electron chi connectivity index (χ4n) is 3.90. The maximum Gasteiger partial charge on any atom is 0.268 e. The van der Waals surface area contributed by atoms with Crippen LogP contribution in [0.2, 0.25) is 0 Å². The first-order valence-electron chi connectivity index (χ1n) is 9.19. The Labute approximate surface area is 153 Å². The van der Waals surface area contributed by atoms with E-state index in [0.717, 1.165) is 24.4 Å². The lowest BCUT2D eigenvalue weighted by molar-refractivity contribution is -0.138. The van der Waals surface area contributed by atoms with E-state index in [1.807, 2.05) is 53.4 Å². The number of carbonyl (C=O) groups excluding carboxylic acids is 2. The summed E-state index contributed by atoms with van der Waals surface area (Å²) < 4.78 is 3.84. The highest BCUT2D eigenvalue weighted by Gasteiger charge is 2.46. The van der Waals surface area contributed by atoms with E-state index < -0.39 is 0 Å². The van der Waals surface area contributed by atoms with Gasteiger partial charge in [-0.05, 0) is 38.3 Å². The highest BCUT2D eigenvalue weighted by Crippen LogP contribution is 2.40. The summed E-state index contributed by atoms with van der Waals surface area (Å²) in [5.74, 6) is 0.897. The van der Waals surface area contributed by atoms with Crippen LogP contribution in [0.5, 0.6) is 0 Å².